The second-order valence-corrected chi connectivity index (χ2v) is 4.09. The Hall–Kier alpha value is -1.87. The van der Waals surface area contributed by atoms with Crippen LogP contribution in [0.5, 0.6) is 5.75 Å². The highest BCUT2D eigenvalue weighted by Gasteiger charge is 2.11. The van der Waals surface area contributed by atoms with Crippen molar-refractivity contribution in [1.29, 1.82) is 0 Å². The summed E-state index contributed by atoms with van der Waals surface area (Å²) >= 11 is 0. The van der Waals surface area contributed by atoms with E-state index < -0.39 is 6.10 Å². The first-order valence-corrected chi connectivity index (χ1v) is 5.76. The first-order chi connectivity index (χ1) is 8.70. The number of aliphatic hydroxyl groups is 1. The summed E-state index contributed by atoms with van der Waals surface area (Å²) in [4.78, 5) is 0. The topological polar surface area (TPSA) is 29.5 Å². The van der Waals surface area contributed by atoms with Crippen LogP contribution in [0.2, 0.25) is 0 Å². The second-order valence-electron chi connectivity index (χ2n) is 4.09. The minimum atomic E-state index is -0.739. The number of rotatable bonds is 4. The third-order valence-electron chi connectivity index (χ3n) is 2.85. The maximum atomic E-state index is 13.5. The van der Waals surface area contributed by atoms with Crippen molar-refractivity contribution < 1.29 is 14.2 Å². The number of ether oxygens (including phenoxy) is 1. The Morgan fingerprint density at radius 3 is 2.67 bits per heavy atom. The maximum absolute atomic E-state index is 13.5. The van der Waals surface area contributed by atoms with Crippen molar-refractivity contribution in [2.45, 2.75) is 12.5 Å². The molecule has 0 aliphatic rings. The van der Waals surface area contributed by atoms with Gasteiger partial charge in [-0.3, -0.25) is 0 Å². The zero-order valence-electron chi connectivity index (χ0n) is 10.1. The van der Waals surface area contributed by atoms with E-state index in [0.717, 1.165) is 5.56 Å². The summed E-state index contributed by atoms with van der Waals surface area (Å²) in [6, 6.07) is 13.6. The van der Waals surface area contributed by atoms with E-state index in [1.165, 1.54) is 6.07 Å². The van der Waals surface area contributed by atoms with Crippen LogP contribution in [0.25, 0.3) is 0 Å². The molecule has 1 atom stereocenters. The van der Waals surface area contributed by atoms with Gasteiger partial charge in [-0.25, -0.2) is 4.39 Å². The third kappa shape index (κ3) is 2.87. The molecule has 0 heterocycles. The molecule has 2 nitrogen and oxygen atoms in total. The average Bonchev–Trinajstić information content (AvgIpc) is 2.41. The zero-order valence-corrected chi connectivity index (χ0v) is 10.1. The highest BCUT2D eigenvalue weighted by molar-refractivity contribution is 5.31. The van der Waals surface area contributed by atoms with E-state index in [2.05, 4.69) is 0 Å². The van der Waals surface area contributed by atoms with Gasteiger partial charge in [0, 0.05) is 6.42 Å². The first-order valence-electron chi connectivity index (χ1n) is 5.76. The molecule has 3 heteroatoms. The minimum absolute atomic E-state index is 0.250. The largest absolute Gasteiger partial charge is 0.497 e. The summed E-state index contributed by atoms with van der Waals surface area (Å²) in [5.41, 5.74) is 1.23. The van der Waals surface area contributed by atoms with E-state index in [4.69, 9.17) is 4.74 Å². The molecule has 18 heavy (non-hydrogen) atoms. The van der Waals surface area contributed by atoms with Crippen LogP contribution in [0.4, 0.5) is 4.39 Å². The van der Waals surface area contributed by atoms with E-state index >= 15 is 0 Å². The van der Waals surface area contributed by atoms with Gasteiger partial charge >= 0.3 is 0 Å². The molecular weight excluding hydrogens is 231 g/mol. The Kier molecular flexibility index (Phi) is 3.95. The van der Waals surface area contributed by atoms with Crippen molar-refractivity contribution in [3.63, 3.8) is 0 Å². The Morgan fingerprint density at radius 1 is 1.17 bits per heavy atom. The normalized spacial score (nSPS) is 12.2. The fourth-order valence-electron chi connectivity index (χ4n) is 1.84. The van der Waals surface area contributed by atoms with Gasteiger partial charge in [0.2, 0.25) is 0 Å². The standard InChI is InChI=1S/C15H15FO2/c1-18-13-7-4-6-12(9-13)15(17)10-11-5-2-3-8-14(11)16/h2-9,15,17H,10H2,1H3. The fourth-order valence-corrected chi connectivity index (χ4v) is 1.84. The van der Waals surface area contributed by atoms with E-state index in [9.17, 15) is 9.50 Å². The lowest BCUT2D eigenvalue weighted by atomic mass is 10.0. The van der Waals surface area contributed by atoms with Crippen molar-refractivity contribution in [2.75, 3.05) is 7.11 Å². The van der Waals surface area contributed by atoms with E-state index in [0.29, 0.717) is 11.3 Å². The van der Waals surface area contributed by atoms with Gasteiger partial charge in [0.1, 0.15) is 11.6 Å². The number of methoxy groups -OCH3 is 1. The molecular formula is C15H15FO2. The Morgan fingerprint density at radius 2 is 1.94 bits per heavy atom. The van der Waals surface area contributed by atoms with Crippen LogP contribution in [-0.4, -0.2) is 12.2 Å². The van der Waals surface area contributed by atoms with Gasteiger partial charge in [0.25, 0.3) is 0 Å². The van der Waals surface area contributed by atoms with Crippen LogP contribution in [0.15, 0.2) is 48.5 Å². The molecule has 0 amide bonds. The van der Waals surface area contributed by atoms with Gasteiger partial charge in [-0.05, 0) is 29.3 Å². The summed E-state index contributed by atoms with van der Waals surface area (Å²) in [5, 5.41) is 10.1. The van der Waals surface area contributed by atoms with Gasteiger partial charge in [-0.2, -0.15) is 0 Å². The lowest BCUT2D eigenvalue weighted by Gasteiger charge is -2.12. The highest BCUT2D eigenvalue weighted by atomic mass is 19.1. The highest BCUT2D eigenvalue weighted by Crippen LogP contribution is 2.23. The molecule has 0 aliphatic carbocycles. The molecule has 0 fully saturated rings. The fraction of sp³-hybridized carbons (Fsp3) is 0.200. The van der Waals surface area contributed by atoms with Crippen molar-refractivity contribution in [2.24, 2.45) is 0 Å². The molecule has 2 aromatic rings. The number of aliphatic hydroxyl groups excluding tert-OH is 1. The molecule has 2 aromatic carbocycles. The SMILES string of the molecule is COc1cccc(C(O)Cc2ccccc2F)c1. The van der Waals surface area contributed by atoms with Crippen LogP contribution < -0.4 is 4.74 Å². The lowest BCUT2D eigenvalue weighted by Crippen LogP contribution is -2.03. The predicted molar refractivity (Wildman–Crippen MR) is 68.1 cm³/mol. The molecule has 1 N–H and O–H groups in total. The Bertz CT molecular complexity index is 525. The molecule has 94 valence electrons. The number of hydrogen-bond donors (Lipinski definition) is 1. The van der Waals surface area contributed by atoms with Crippen molar-refractivity contribution in [3.05, 3.63) is 65.5 Å². The van der Waals surface area contributed by atoms with Gasteiger partial charge < -0.3 is 9.84 Å². The van der Waals surface area contributed by atoms with Crippen LogP contribution in [0.3, 0.4) is 0 Å². The molecule has 1 unspecified atom stereocenters. The van der Waals surface area contributed by atoms with Crippen molar-refractivity contribution in [1.82, 2.24) is 0 Å². The van der Waals surface area contributed by atoms with Gasteiger partial charge in [-0.1, -0.05) is 30.3 Å². The summed E-state index contributed by atoms with van der Waals surface area (Å²) in [6.07, 6.45) is -0.489. The van der Waals surface area contributed by atoms with E-state index in [1.807, 2.05) is 0 Å². The van der Waals surface area contributed by atoms with Crippen molar-refractivity contribution >= 4 is 0 Å². The van der Waals surface area contributed by atoms with Gasteiger partial charge in [0.15, 0.2) is 0 Å². The summed E-state index contributed by atoms with van der Waals surface area (Å²) in [6.45, 7) is 0. The summed E-state index contributed by atoms with van der Waals surface area (Å²) < 4.78 is 18.6. The molecule has 0 aromatic heterocycles. The van der Waals surface area contributed by atoms with Gasteiger partial charge in [-0.15, -0.1) is 0 Å². The molecule has 0 bridgehead atoms. The monoisotopic (exact) mass is 246 g/mol. The van der Waals surface area contributed by atoms with E-state index in [-0.39, 0.29) is 12.2 Å². The Balaban J connectivity index is 2.16. The maximum Gasteiger partial charge on any atom is 0.126 e. The van der Waals surface area contributed by atoms with Gasteiger partial charge in [0.05, 0.1) is 13.2 Å². The van der Waals surface area contributed by atoms with Crippen LogP contribution in [-0.2, 0) is 6.42 Å². The molecule has 0 radical (unpaired) electrons. The number of hydrogen-bond acceptors (Lipinski definition) is 2. The van der Waals surface area contributed by atoms with Crippen LogP contribution in [0.1, 0.15) is 17.2 Å². The van der Waals surface area contributed by atoms with Crippen LogP contribution in [0, 0.1) is 5.82 Å². The Labute approximate surface area is 106 Å². The predicted octanol–water partition coefficient (Wildman–Crippen LogP) is 3.11. The van der Waals surface area contributed by atoms with E-state index in [1.54, 1.807) is 49.6 Å². The number of benzene rings is 2. The summed E-state index contributed by atoms with van der Waals surface area (Å²) in [7, 11) is 1.57. The smallest absolute Gasteiger partial charge is 0.126 e. The lowest BCUT2D eigenvalue weighted by molar-refractivity contribution is 0.176. The molecule has 0 saturated heterocycles. The first kappa shape index (κ1) is 12.6. The average molecular weight is 246 g/mol. The molecule has 0 spiro atoms. The number of halogens is 1. The molecule has 2 rings (SSSR count). The zero-order chi connectivity index (χ0) is 13.0. The second kappa shape index (κ2) is 5.65. The summed E-state index contributed by atoms with van der Waals surface area (Å²) in [5.74, 6) is 0.388. The van der Waals surface area contributed by atoms with Crippen LogP contribution >= 0.6 is 0 Å². The minimum Gasteiger partial charge on any atom is -0.497 e. The molecule has 0 saturated carbocycles. The van der Waals surface area contributed by atoms with Crippen molar-refractivity contribution in [3.8, 4) is 5.75 Å². The quantitative estimate of drug-likeness (QED) is 0.898. The molecule has 0 aliphatic heterocycles. The third-order valence-corrected chi connectivity index (χ3v) is 2.85.